The van der Waals surface area contributed by atoms with Gasteiger partial charge in [-0.1, -0.05) is 30.3 Å². The smallest absolute Gasteiger partial charge is 0.234 e. The fraction of sp³-hybridized carbons (Fsp3) is 0.636. The van der Waals surface area contributed by atoms with Gasteiger partial charge in [-0.15, -0.1) is 0 Å². The number of rotatable bonds is 6. The van der Waals surface area contributed by atoms with Gasteiger partial charge in [0.2, 0.25) is 11.8 Å². The molecule has 5 heteroatoms. The van der Waals surface area contributed by atoms with Gasteiger partial charge < -0.3 is 10.2 Å². The SMILES string of the molecule is O=C(CN1CCCC2(CCC(=O)N(CC3CC3)C2)C1)NCc1ccccc1. The standard InChI is InChI=1S/C22H31N3O2/c26-20(23-13-18-5-2-1-3-6-18)15-24-12-4-10-22(16-24)11-9-21(27)25(17-22)14-19-7-8-19/h1-3,5-6,19H,4,7-17H2,(H,23,26). The van der Waals surface area contributed by atoms with E-state index in [0.717, 1.165) is 50.5 Å². The summed E-state index contributed by atoms with van der Waals surface area (Å²) in [5.74, 6) is 1.18. The van der Waals surface area contributed by atoms with Crippen molar-refractivity contribution in [1.82, 2.24) is 15.1 Å². The Hall–Kier alpha value is -1.88. The minimum absolute atomic E-state index is 0.0950. The molecule has 1 atom stereocenters. The lowest BCUT2D eigenvalue weighted by molar-refractivity contribution is -0.140. The number of nitrogens with one attached hydrogen (secondary N) is 1. The van der Waals surface area contributed by atoms with Crippen molar-refractivity contribution in [3.63, 3.8) is 0 Å². The molecule has 2 saturated heterocycles. The summed E-state index contributed by atoms with van der Waals surface area (Å²) in [7, 11) is 0. The maximum absolute atomic E-state index is 12.4. The predicted molar refractivity (Wildman–Crippen MR) is 105 cm³/mol. The van der Waals surface area contributed by atoms with Crippen LogP contribution < -0.4 is 5.32 Å². The van der Waals surface area contributed by atoms with Crippen molar-refractivity contribution in [3.05, 3.63) is 35.9 Å². The molecule has 1 spiro atoms. The highest BCUT2D eigenvalue weighted by atomic mass is 16.2. The Bertz CT molecular complexity index is 673. The second kappa shape index (κ2) is 8.01. The van der Waals surface area contributed by atoms with E-state index in [1.165, 1.54) is 19.3 Å². The highest BCUT2D eigenvalue weighted by molar-refractivity contribution is 5.78. The van der Waals surface area contributed by atoms with Crippen molar-refractivity contribution >= 4 is 11.8 Å². The molecule has 0 bridgehead atoms. The number of nitrogens with zero attached hydrogens (tertiary/aromatic N) is 2. The Morgan fingerprint density at radius 3 is 2.74 bits per heavy atom. The Labute approximate surface area is 162 Å². The lowest BCUT2D eigenvalue weighted by atomic mass is 9.73. The third-order valence-corrected chi connectivity index (χ3v) is 6.36. The zero-order valence-electron chi connectivity index (χ0n) is 16.2. The number of carbonyl (C=O) groups excluding carboxylic acids is 2. The van der Waals surface area contributed by atoms with Gasteiger partial charge in [-0.25, -0.2) is 0 Å². The van der Waals surface area contributed by atoms with Gasteiger partial charge in [0.1, 0.15) is 0 Å². The number of benzene rings is 1. The minimum Gasteiger partial charge on any atom is -0.351 e. The Balaban J connectivity index is 1.29. The molecule has 1 aromatic rings. The van der Waals surface area contributed by atoms with Crippen molar-refractivity contribution in [2.45, 2.75) is 45.1 Å². The molecule has 3 aliphatic rings. The van der Waals surface area contributed by atoms with Gasteiger partial charge in [-0.3, -0.25) is 14.5 Å². The van der Waals surface area contributed by atoms with Crippen LogP contribution in [0, 0.1) is 11.3 Å². The second-order valence-corrected chi connectivity index (χ2v) is 8.79. The molecule has 1 saturated carbocycles. The largest absolute Gasteiger partial charge is 0.351 e. The van der Waals surface area contributed by atoms with Crippen LogP contribution in [0.3, 0.4) is 0 Å². The lowest BCUT2D eigenvalue weighted by Crippen LogP contribution is -2.55. The van der Waals surface area contributed by atoms with Crippen molar-refractivity contribution < 1.29 is 9.59 Å². The molecular weight excluding hydrogens is 338 g/mol. The lowest BCUT2D eigenvalue weighted by Gasteiger charge is -2.48. The summed E-state index contributed by atoms with van der Waals surface area (Å²) >= 11 is 0. The molecule has 1 aliphatic carbocycles. The van der Waals surface area contributed by atoms with Crippen LogP contribution in [-0.2, 0) is 16.1 Å². The number of hydrogen-bond donors (Lipinski definition) is 1. The molecule has 2 aliphatic heterocycles. The summed E-state index contributed by atoms with van der Waals surface area (Å²) in [5.41, 5.74) is 1.32. The van der Waals surface area contributed by atoms with Crippen molar-refractivity contribution in [2.75, 3.05) is 32.7 Å². The number of carbonyl (C=O) groups is 2. The van der Waals surface area contributed by atoms with Crippen molar-refractivity contribution in [3.8, 4) is 0 Å². The average Bonchev–Trinajstić information content (AvgIpc) is 3.48. The van der Waals surface area contributed by atoms with Crippen LogP contribution in [-0.4, -0.2) is 54.3 Å². The third-order valence-electron chi connectivity index (χ3n) is 6.36. The van der Waals surface area contributed by atoms with Crippen LogP contribution in [0.4, 0.5) is 0 Å². The van der Waals surface area contributed by atoms with Crippen molar-refractivity contribution in [1.29, 1.82) is 0 Å². The third kappa shape index (κ3) is 4.89. The summed E-state index contributed by atoms with van der Waals surface area (Å²) in [4.78, 5) is 29.1. The van der Waals surface area contributed by atoms with Crippen LogP contribution in [0.1, 0.15) is 44.1 Å². The molecule has 2 heterocycles. The summed E-state index contributed by atoms with van der Waals surface area (Å²) < 4.78 is 0. The predicted octanol–water partition coefficient (Wildman–Crippen LogP) is 2.42. The van der Waals surface area contributed by atoms with Gasteiger partial charge >= 0.3 is 0 Å². The van der Waals surface area contributed by atoms with E-state index in [1.807, 2.05) is 30.3 Å². The summed E-state index contributed by atoms with van der Waals surface area (Å²) in [6.07, 6.45) is 6.53. The van der Waals surface area contributed by atoms with Crippen LogP contribution in [0.25, 0.3) is 0 Å². The number of likely N-dealkylation sites (tertiary alicyclic amines) is 2. The van der Waals surface area contributed by atoms with Crippen LogP contribution in [0.15, 0.2) is 30.3 Å². The van der Waals surface area contributed by atoms with Gasteiger partial charge in [0.15, 0.2) is 0 Å². The molecule has 5 nitrogen and oxygen atoms in total. The van der Waals surface area contributed by atoms with Gasteiger partial charge in [0, 0.05) is 38.0 Å². The highest BCUT2D eigenvalue weighted by Crippen LogP contribution is 2.40. The van der Waals surface area contributed by atoms with Gasteiger partial charge in [0.05, 0.1) is 6.54 Å². The summed E-state index contributed by atoms with van der Waals surface area (Å²) in [6.45, 7) is 4.83. The first-order chi connectivity index (χ1) is 13.1. The van der Waals surface area contributed by atoms with E-state index < -0.39 is 0 Å². The monoisotopic (exact) mass is 369 g/mol. The molecule has 0 radical (unpaired) electrons. The zero-order valence-corrected chi connectivity index (χ0v) is 16.2. The van der Waals surface area contributed by atoms with Gasteiger partial charge in [-0.05, 0) is 50.1 Å². The van der Waals surface area contributed by atoms with E-state index in [4.69, 9.17) is 0 Å². The molecular formula is C22H31N3O2. The Morgan fingerprint density at radius 1 is 1.15 bits per heavy atom. The highest BCUT2D eigenvalue weighted by Gasteiger charge is 2.42. The molecule has 4 rings (SSSR count). The fourth-order valence-electron chi connectivity index (χ4n) is 4.71. The molecule has 1 N–H and O–H groups in total. The molecule has 1 unspecified atom stereocenters. The van der Waals surface area contributed by atoms with Crippen LogP contribution in [0.5, 0.6) is 0 Å². The molecule has 0 aromatic heterocycles. The first-order valence-electron chi connectivity index (χ1n) is 10.4. The normalized spacial score (nSPS) is 26.4. The Morgan fingerprint density at radius 2 is 1.96 bits per heavy atom. The van der Waals surface area contributed by atoms with Crippen molar-refractivity contribution in [2.24, 2.45) is 11.3 Å². The van der Waals surface area contributed by atoms with E-state index in [9.17, 15) is 9.59 Å². The number of amides is 2. The van der Waals surface area contributed by atoms with E-state index >= 15 is 0 Å². The fourth-order valence-corrected chi connectivity index (χ4v) is 4.71. The van der Waals surface area contributed by atoms with E-state index in [1.54, 1.807) is 0 Å². The second-order valence-electron chi connectivity index (χ2n) is 8.79. The first kappa shape index (κ1) is 18.5. The molecule has 1 aromatic carbocycles. The zero-order chi connectivity index (χ0) is 18.7. The van der Waals surface area contributed by atoms with E-state index in [2.05, 4.69) is 15.1 Å². The van der Waals surface area contributed by atoms with Crippen LogP contribution >= 0.6 is 0 Å². The molecule has 27 heavy (non-hydrogen) atoms. The minimum atomic E-state index is 0.0950. The summed E-state index contributed by atoms with van der Waals surface area (Å²) in [6, 6.07) is 10.0. The molecule has 3 fully saturated rings. The average molecular weight is 370 g/mol. The maximum Gasteiger partial charge on any atom is 0.234 e. The van der Waals surface area contributed by atoms with E-state index in [-0.39, 0.29) is 11.3 Å². The number of hydrogen-bond acceptors (Lipinski definition) is 3. The van der Waals surface area contributed by atoms with Crippen LogP contribution in [0.2, 0.25) is 0 Å². The molecule has 2 amide bonds. The first-order valence-corrected chi connectivity index (χ1v) is 10.4. The quantitative estimate of drug-likeness (QED) is 0.838. The Kier molecular flexibility index (Phi) is 5.48. The van der Waals surface area contributed by atoms with E-state index in [0.29, 0.717) is 25.4 Å². The van der Waals surface area contributed by atoms with Gasteiger partial charge in [0.25, 0.3) is 0 Å². The topological polar surface area (TPSA) is 52.7 Å². The number of piperidine rings is 2. The van der Waals surface area contributed by atoms with Gasteiger partial charge in [-0.2, -0.15) is 0 Å². The summed E-state index contributed by atoms with van der Waals surface area (Å²) in [5, 5.41) is 3.04. The maximum atomic E-state index is 12.4. The molecule has 146 valence electrons.